The summed E-state index contributed by atoms with van der Waals surface area (Å²) < 4.78 is 14.1. The molecule has 5 rings (SSSR count). The number of nitrogens with one attached hydrogen (secondary N) is 1. The molecule has 0 unspecified atom stereocenters. The molecule has 0 spiro atoms. The highest BCUT2D eigenvalue weighted by Crippen LogP contribution is 2.38. The minimum absolute atomic E-state index is 0.104. The fourth-order valence-corrected chi connectivity index (χ4v) is 6.00. The third kappa shape index (κ3) is 3.57. The summed E-state index contributed by atoms with van der Waals surface area (Å²) in [4.78, 5) is 29.3. The van der Waals surface area contributed by atoms with Crippen LogP contribution in [-0.4, -0.2) is 47.1 Å². The normalized spacial score (nSPS) is 20.8. The fraction of sp³-hybridized carbons (Fsp3) is 0.440. The molecule has 1 aliphatic carbocycles. The summed E-state index contributed by atoms with van der Waals surface area (Å²) in [5.41, 5.74) is 1.37. The number of nitrogens with zero attached hydrogens (tertiary/aromatic N) is 2. The largest absolute Gasteiger partial charge is 0.493 e. The number of ether oxygens (including phenoxy) is 2. The number of carbonyl (C=O) groups is 2. The summed E-state index contributed by atoms with van der Waals surface area (Å²) in [5, 5.41) is 5.26. The number of hydrogen-bond acceptors (Lipinski definition) is 5. The minimum atomic E-state index is -1.05. The van der Waals surface area contributed by atoms with Gasteiger partial charge in [0.25, 0.3) is 5.91 Å². The number of aromatic nitrogens is 1. The maximum atomic E-state index is 13.9. The Labute approximate surface area is 197 Å². The van der Waals surface area contributed by atoms with E-state index in [1.807, 2.05) is 47.2 Å². The van der Waals surface area contributed by atoms with Crippen LogP contribution in [0.2, 0.25) is 0 Å². The van der Waals surface area contributed by atoms with Crippen molar-refractivity contribution in [3.05, 3.63) is 47.0 Å². The van der Waals surface area contributed by atoms with Gasteiger partial charge in [-0.1, -0.05) is 25.0 Å². The molecule has 1 aliphatic heterocycles. The van der Waals surface area contributed by atoms with Crippen LogP contribution in [0.15, 0.2) is 35.7 Å². The van der Waals surface area contributed by atoms with Crippen molar-refractivity contribution in [3.63, 3.8) is 0 Å². The van der Waals surface area contributed by atoms with Crippen LogP contribution in [0.3, 0.4) is 0 Å². The lowest BCUT2D eigenvalue weighted by Crippen LogP contribution is -2.64. The molecule has 174 valence electrons. The molecule has 0 bridgehead atoms. The van der Waals surface area contributed by atoms with Gasteiger partial charge in [-0.3, -0.25) is 9.59 Å². The lowest BCUT2D eigenvalue weighted by atomic mass is 9.93. The van der Waals surface area contributed by atoms with Gasteiger partial charge in [-0.25, -0.2) is 0 Å². The van der Waals surface area contributed by atoms with Gasteiger partial charge in [-0.15, -0.1) is 11.3 Å². The van der Waals surface area contributed by atoms with E-state index in [-0.39, 0.29) is 24.4 Å². The third-order valence-corrected chi connectivity index (χ3v) is 7.89. The van der Waals surface area contributed by atoms with Crippen molar-refractivity contribution < 1.29 is 19.1 Å². The molecular weight excluding hydrogens is 438 g/mol. The SMILES string of the molecule is COc1cccc(CN2C(=O)c3cc4sccc4n3C[C@]2(C)C(=O)NC2CCCC2)c1OC. The number of benzene rings is 1. The van der Waals surface area contributed by atoms with Crippen LogP contribution in [0, 0.1) is 0 Å². The van der Waals surface area contributed by atoms with Crippen molar-refractivity contribution in [3.8, 4) is 11.5 Å². The zero-order valence-electron chi connectivity index (χ0n) is 19.2. The Morgan fingerprint density at radius 2 is 2.00 bits per heavy atom. The quantitative estimate of drug-likeness (QED) is 0.590. The first-order valence-electron chi connectivity index (χ1n) is 11.4. The molecule has 1 N–H and O–H groups in total. The van der Waals surface area contributed by atoms with E-state index in [0.29, 0.717) is 23.7 Å². The lowest BCUT2D eigenvalue weighted by molar-refractivity contribution is -0.133. The van der Waals surface area contributed by atoms with E-state index >= 15 is 0 Å². The molecule has 1 atom stereocenters. The van der Waals surface area contributed by atoms with Crippen LogP contribution in [0.1, 0.15) is 48.7 Å². The number of thiophene rings is 1. The standard InChI is InChI=1S/C25H29N3O4S/c1-25(24(30)26-17-8-4-5-9-17)15-27-18-11-12-33-21(18)13-19(27)23(29)28(25)14-16-7-6-10-20(31-2)22(16)32-3/h6-7,10-13,17H,4-5,8-9,14-15H2,1-3H3,(H,26,30)/t25-/m1/s1. The van der Waals surface area contributed by atoms with Gasteiger partial charge in [0.2, 0.25) is 5.91 Å². The van der Waals surface area contributed by atoms with Crippen LogP contribution in [-0.2, 0) is 17.9 Å². The second kappa shape index (κ2) is 8.41. The molecular formula is C25H29N3O4S. The van der Waals surface area contributed by atoms with E-state index in [4.69, 9.17) is 9.47 Å². The molecule has 1 saturated carbocycles. The van der Waals surface area contributed by atoms with Gasteiger partial charge in [0.05, 0.1) is 37.5 Å². The fourth-order valence-electron chi connectivity index (χ4n) is 5.18. The van der Waals surface area contributed by atoms with Crippen molar-refractivity contribution in [2.24, 2.45) is 0 Å². The average Bonchev–Trinajstić information content (AvgIpc) is 3.55. The summed E-state index contributed by atoms with van der Waals surface area (Å²) in [6.45, 7) is 2.52. The molecule has 1 aromatic carbocycles. The Morgan fingerprint density at radius 3 is 2.73 bits per heavy atom. The number of hydrogen-bond donors (Lipinski definition) is 1. The molecule has 33 heavy (non-hydrogen) atoms. The lowest BCUT2D eigenvalue weighted by Gasteiger charge is -2.44. The Morgan fingerprint density at radius 1 is 1.21 bits per heavy atom. The van der Waals surface area contributed by atoms with Crippen molar-refractivity contribution >= 4 is 33.4 Å². The summed E-state index contributed by atoms with van der Waals surface area (Å²) in [7, 11) is 3.18. The summed E-state index contributed by atoms with van der Waals surface area (Å²) in [6, 6.07) is 9.74. The number of methoxy groups -OCH3 is 2. The van der Waals surface area contributed by atoms with Crippen LogP contribution in [0.5, 0.6) is 11.5 Å². The zero-order chi connectivity index (χ0) is 23.2. The molecule has 3 heterocycles. The summed E-state index contributed by atoms with van der Waals surface area (Å²) >= 11 is 1.61. The zero-order valence-corrected chi connectivity index (χ0v) is 20.0. The van der Waals surface area contributed by atoms with E-state index < -0.39 is 5.54 Å². The Balaban J connectivity index is 1.57. The van der Waals surface area contributed by atoms with E-state index in [9.17, 15) is 9.59 Å². The number of rotatable bonds is 6. The van der Waals surface area contributed by atoms with Gasteiger partial charge >= 0.3 is 0 Å². The highest BCUT2D eigenvalue weighted by molar-refractivity contribution is 7.17. The van der Waals surface area contributed by atoms with Gasteiger partial charge in [0.15, 0.2) is 11.5 Å². The third-order valence-electron chi connectivity index (χ3n) is 7.04. The van der Waals surface area contributed by atoms with Gasteiger partial charge < -0.3 is 24.3 Å². The second-order valence-electron chi connectivity index (χ2n) is 9.06. The number of fused-ring (bicyclic) bond motifs is 3. The summed E-state index contributed by atoms with van der Waals surface area (Å²) in [5.74, 6) is 0.916. The first-order valence-corrected chi connectivity index (χ1v) is 12.2. The number of amides is 2. The number of carbonyl (C=O) groups excluding carboxylic acids is 2. The highest BCUT2D eigenvalue weighted by atomic mass is 32.1. The first kappa shape index (κ1) is 21.8. The van der Waals surface area contributed by atoms with Gasteiger partial charge in [0, 0.05) is 11.6 Å². The molecule has 2 aromatic heterocycles. The van der Waals surface area contributed by atoms with Crippen LogP contribution >= 0.6 is 11.3 Å². The monoisotopic (exact) mass is 467 g/mol. The van der Waals surface area contributed by atoms with Crippen molar-refractivity contribution in [1.29, 1.82) is 0 Å². The van der Waals surface area contributed by atoms with E-state index in [2.05, 4.69) is 5.32 Å². The highest BCUT2D eigenvalue weighted by Gasteiger charge is 2.48. The molecule has 2 amide bonds. The smallest absolute Gasteiger partial charge is 0.271 e. The Kier molecular flexibility index (Phi) is 5.56. The molecule has 1 fully saturated rings. The summed E-state index contributed by atoms with van der Waals surface area (Å²) in [6.07, 6.45) is 4.23. The van der Waals surface area contributed by atoms with Crippen molar-refractivity contribution in [2.45, 2.75) is 57.3 Å². The van der Waals surface area contributed by atoms with Crippen molar-refractivity contribution in [2.75, 3.05) is 14.2 Å². The molecule has 7 nitrogen and oxygen atoms in total. The van der Waals surface area contributed by atoms with Gasteiger partial charge in [0.1, 0.15) is 11.2 Å². The average molecular weight is 468 g/mol. The molecule has 0 radical (unpaired) electrons. The maximum absolute atomic E-state index is 13.9. The van der Waals surface area contributed by atoms with E-state index in [1.165, 1.54) is 0 Å². The molecule has 8 heteroatoms. The Bertz CT molecular complexity index is 1210. The van der Waals surface area contributed by atoms with Crippen LogP contribution in [0.25, 0.3) is 10.2 Å². The predicted octanol–water partition coefficient (Wildman–Crippen LogP) is 4.19. The van der Waals surface area contributed by atoms with E-state index in [1.54, 1.807) is 30.5 Å². The predicted molar refractivity (Wildman–Crippen MR) is 128 cm³/mol. The maximum Gasteiger partial charge on any atom is 0.271 e. The molecule has 0 saturated heterocycles. The topological polar surface area (TPSA) is 72.8 Å². The van der Waals surface area contributed by atoms with Gasteiger partial charge in [-0.05, 0) is 43.3 Å². The Hall–Kier alpha value is -3.00. The second-order valence-corrected chi connectivity index (χ2v) is 10.0. The van der Waals surface area contributed by atoms with Crippen LogP contribution in [0.4, 0.5) is 0 Å². The molecule has 3 aromatic rings. The number of para-hydroxylation sites is 1. The van der Waals surface area contributed by atoms with Crippen molar-refractivity contribution in [1.82, 2.24) is 14.8 Å². The van der Waals surface area contributed by atoms with E-state index in [0.717, 1.165) is 41.5 Å². The van der Waals surface area contributed by atoms with Gasteiger partial charge in [-0.2, -0.15) is 0 Å². The first-order chi connectivity index (χ1) is 16.0. The minimum Gasteiger partial charge on any atom is -0.493 e. The molecule has 2 aliphatic rings. The van der Waals surface area contributed by atoms with Crippen LogP contribution < -0.4 is 14.8 Å².